The fourth-order valence-electron chi connectivity index (χ4n) is 3.82. The molecule has 1 aromatic heterocycles. The van der Waals surface area contributed by atoms with Gasteiger partial charge in [0.15, 0.2) is 0 Å². The minimum absolute atomic E-state index is 0.0305. The van der Waals surface area contributed by atoms with Crippen LogP contribution >= 0.6 is 0 Å². The Morgan fingerprint density at radius 1 is 1.21 bits per heavy atom. The number of nitrogens with one attached hydrogen (secondary N) is 2. The van der Waals surface area contributed by atoms with E-state index >= 15 is 0 Å². The molecule has 0 saturated carbocycles. The number of benzene rings is 2. The third-order valence-corrected chi connectivity index (χ3v) is 5.61. The van der Waals surface area contributed by atoms with E-state index < -0.39 is 11.9 Å². The molecule has 1 unspecified atom stereocenters. The molecule has 0 bridgehead atoms. The summed E-state index contributed by atoms with van der Waals surface area (Å²) in [5, 5.41) is 9.69. The van der Waals surface area contributed by atoms with Gasteiger partial charge in [0.1, 0.15) is 11.9 Å². The summed E-state index contributed by atoms with van der Waals surface area (Å²) < 4.78 is 0. The number of nitrogens with zero attached hydrogens (tertiary/aromatic N) is 3. The second-order valence-corrected chi connectivity index (χ2v) is 9.57. The molecule has 34 heavy (non-hydrogen) atoms. The second kappa shape index (κ2) is 9.52. The molecule has 0 fully saturated rings. The fraction of sp³-hybridized carbons (Fsp3) is 0.333. The molecular formula is C27H29N5O2. The molecule has 2 aromatic carbocycles. The van der Waals surface area contributed by atoms with Crippen LogP contribution in [0.2, 0.25) is 0 Å². The van der Waals surface area contributed by atoms with Gasteiger partial charge in [0, 0.05) is 30.1 Å². The van der Waals surface area contributed by atoms with Gasteiger partial charge in [-0.3, -0.25) is 14.7 Å². The Kier molecular flexibility index (Phi) is 6.51. The van der Waals surface area contributed by atoms with E-state index in [1.165, 1.54) is 0 Å². The predicted octanol–water partition coefficient (Wildman–Crippen LogP) is 3.50. The van der Waals surface area contributed by atoms with Gasteiger partial charge in [-0.1, -0.05) is 48.2 Å². The number of likely N-dealkylation sites (N-methyl/N-ethyl adjacent to an activating group) is 1. The molecule has 0 spiro atoms. The van der Waals surface area contributed by atoms with Crippen molar-refractivity contribution in [1.82, 2.24) is 20.5 Å². The minimum Gasteiger partial charge on any atom is -0.337 e. The highest BCUT2D eigenvalue weighted by molar-refractivity contribution is 6.02. The zero-order valence-electron chi connectivity index (χ0n) is 20.0. The van der Waals surface area contributed by atoms with Crippen LogP contribution in [-0.2, 0) is 17.6 Å². The Hall–Kier alpha value is -3.92. The van der Waals surface area contributed by atoms with Gasteiger partial charge in [-0.25, -0.2) is 4.98 Å². The largest absolute Gasteiger partial charge is 0.337 e. The lowest BCUT2D eigenvalue weighted by Gasteiger charge is -2.22. The fourth-order valence-corrected chi connectivity index (χ4v) is 3.82. The minimum atomic E-state index is -0.662. The first-order valence-electron chi connectivity index (χ1n) is 11.4. The summed E-state index contributed by atoms with van der Waals surface area (Å²) in [6, 6.07) is 15.1. The monoisotopic (exact) mass is 455 g/mol. The van der Waals surface area contributed by atoms with Gasteiger partial charge in [0.25, 0.3) is 5.91 Å². The molecule has 2 N–H and O–H groups in total. The first kappa shape index (κ1) is 23.2. The van der Waals surface area contributed by atoms with E-state index in [1.54, 1.807) is 11.9 Å². The number of hydrogen-bond donors (Lipinski definition) is 2. The van der Waals surface area contributed by atoms with Crippen LogP contribution in [-0.4, -0.2) is 40.1 Å². The lowest BCUT2D eigenvalue weighted by Crippen LogP contribution is -2.47. The van der Waals surface area contributed by atoms with E-state index in [9.17, 15) is 9.59 Å². The van der Waals surface area contributed by atoms with Crippen molar-refractivity contribution in [3.63, 3.8) is 0 Å². The average molecular weight is 456 g/mol. The Bertz CT molecular complexity index is 1260. The van der Waals surface area contributed by atoms with Crippen LogP contribution < -0.4 is 10.2 Å². The number of rotatable bonds is 4. The van der Waals surface area contributed by atoms with E-state index in [0.717, 1.165) is 22.4 Å². The lowest BCUT2D eigenvalue weighted by atomic mass is 9.97. The van der Waals surface area contributed by atoms with E-state index in [4.69, 9.17) is 0 Å². The number of aromatic amines is 1. The number of anilines is 1. The zero-order valence-corrected chi connectivity index (χ0v) is 20.0. The van der Waals surface area contributed by atoms with E-state index in [1.807, 2.05) is 48.5 Å². The first-order valence-corrected chi connectivity index (χ1v) is 11.4. The molecule has 0 aliphatic carbocycles. The van der Waals surface area contributed by atoms with Gasteiger partial charge in [0.05, 0.1) is 0 Å². The molecule has 7 heteroatoms. The van der Waals surface area contributed by atoms with Crippen molar-refractivity contribution in [3.05, 3.63) is 76.9 Å². The maximum absolute atomic E-state index is 13.2. The maximum atomic E-state index is 13.2. The normalized spacial score (nSPS) is 15.7. The van der Waals surface area contributed by atoms with E-state index in [0.29, 0.717) is 25.1 Å². The highest BCUT2D eigenvalue weighted by Gasteiger charge is 2.30. The standard InChI is InChI=1S/C27H29N5O2/c1-27(2,3)15-14-19-10-11-20-12-13-21(26(34)32(4)22(20)16-19)28-25(33)24-29-23(30-31-24)17-18-8-6-5-7-9-18/h5-11,16,21H,12-13,17H2,1-4H3,(H,28,33)(H,29,30,31). The van der Waals surface area contributed by atoms with Crippen molar-refractivity contribution in [1.29, 1.82) is 0 Å². The van der Waals surface area contributed by atoms with Crippen molar-refractivity contribution in [3.8, 4) is 11.8 Å². The number of aromatic nitrogens is 3. The number of amides is 2. The van der Waals surface area contributed by atoms with Crippen LogP contribution in [0.4, 0.5) is 5.69 Å². The van der Waals surface area contributed by atoms with Gasteiger partial charge >= 0.3 is 0 Å². The van der Waals surface area contributed by atoms with Gasteiger partial charge < -0.3 is 10.2 Å². The number of H-pyrrole nitrogens is 1. The molecule has 0 saturated heterocycles. The predicted molar refractivity (Wildman–Crippen MR) is 131 cm³/mol. The summed E-state index contributed by atoms with van der Waals surface area (Å²) in [5.41, 5.74) is 3.70. The Labute approximate surface area is 200 Å². The average Bonchev–Trinajstić information content (AvgIpc) is 3.24. The molecule has 7 nitrogen and oxygen atoms in total. The highest BCUT2D eigenvalue weighted by atomic mass is 16.2. The second-order valence-electron chi connectivity index (χ2n) is 9.57. The summed E-state index contributed by atoms with van der Waals surface area (Å²) in [6.45, 7) is 6.18. The van der Waals surface area contributed by atoms with E-state index in [2.05, 4.69) is 53.1 Å². The molecule has 3 aromatic rings. The number of aryl methyl sites for hydroxylation is 1. The van der Waals surface area contributed by atoms with Crippen LogP contribution in [0.3, 0.4) is 0 Å². The Balaban J connectivity index is 1.46. The third kappa shape index (κ3) is 5.52. The molecule has 4 rings (SSSR count). The van der Waals surface area contributed by atoms with Crippen LogP contribution in [0, 0.1) is 17.3 Å². The van der Waals surface area contributed by atoms with Gasteiger partial charge in [0.2, 0.25) is 11.7 Å². The molecule has 1 atom stereocenters. The van der Waals surface area contributed by atoms with Gasteiger partial charge in [-0.15, -0.1) is 5.10 Å². The molecule has 174 valence electrons. The molecule has 1 aliphatic rings. The van der Waals surface area contributed by atoms with Crippen LogP contribution in [0.25, 0.3) is 0 Å². The number of hydrogen-bond acceptors (Lipinski definition) is 4. The topological polar surface area (TPSA) is 91.0 Å². The maximum Gasteiger partial charge on any atom is 0.291 e. The van der Waals surface area contributed by atoms with E-state index in [-0.39, 0.29) is 17.1 Å². The number of fused-ring (bicyclic) bond motifs is 1. The summed E-state index contributed by atoms with van der Waals surface area (Å²) in [6.07, 6.45) is 1.70. The Morgan fingerprint density at radius 3 is 2.71 bits per heavy atom. The SMILES string of the molecule is CN1C(=O)C(NC(=O)c2n[nH]c(Cc3ccccc3)n2)CCc2ccc(C#CC(C)(C)C)cc21. The molecular weight excluding hydrogens is 426 g/mol. The highest BCUT2D eigenvalue weighted by Crippen LogP contribution is 2.27. The molecule has 2 heterocycles. The summed E-state index contributed by atoms with van der Waals surface area (Å²) in [7, 11) is 1.73. The molecule has 1 aliphatic heterocycles. The molecule has 2 amide bonds. The van der Waals surface area contributed by atoms with Crippen LogP contribution in [0.5, 0.6) is 0 Å². The summed E-state index contributed by atoms with van der Waals surface area (Å²) in [4.78, 5) is 31.9. The lowest BCUT2D eigenvalue weighted by molar-refractivity contribution is -0.120. The summed E-state index contributed by atoms with van der Waals surface area (Å²) in [5.74, 6) is 6.41. The first-order chi connectivity index (χ1) is 16.2. The van der Waals surface area contributed by atoms with Crippen molar-refractivity contribution >= 4 is 17.5 Å². The van der Waals surface area contributed by atoms with Crippen LogP contribution in [0.1, 0.15) is 60.3 Å². The zero-order chi connectivity index (χ0) is 24.3. The van der Waals surface area contributed by atoms with Crippen LogP contribution in [0.15, 0.2) is 48.5 Å². The van der Waals surface area contributed by atoms with Crippen molar-refractivity contribution < 1.29 is 9.59 Å². The Morgan fingerprint density at radius 2 is 1.97 bits per heavy atom. The molecule has 0 radical (unpaired) electrons. The quantitative estimate of drug-likeness (QED) is 0.589. The summed E-state index contributed by atoms with van der Waals surface area (Å²) >= 11 is 0. The number of carbonyl (C=O) groups excluding carboxylic acids is 2. The van der Waals surface area contributed by atoms with Crippen molar-refractivity contribution in [2.45, 2.75) is 46.1 Å². The smallest absolute Gasteiger partial charge is 0.291 e. The van der Waals surface area contributed by atoms with Crippen molar-refractivity contribution in [2.75, 3.05) is 11.9 Å². The van der Waals surface area contributed by atoms with Gasteiger partial charge in [-0.2, -0.15) is 0 Å². The third-order valence-electron chi connectivity index (χ3n) is 5.61. The van der Waals surface area contributed by atoms with Gasteiger partial charge in [-0.05, 0) is 56.9 Å². The number of carbonyl (C=O) groups is 2. The van der Waals surface area contributed by atoms with Crippen molar-refractivity contribution in [2.24, 2.45) is 5.41 Å².